The number of amides is 2. The summed E-state index contributed by atoms with van der Waals surface area (Å²) in [4.78, 5) is 18.2. The molecule has 0 aliphatic rings. The van der Waals surface area contributed by atoms with Crippen LogP contribution in [0, 0.1) is 6.92 Å². The molecule has 96 valence electrons. The lowest BCUT2D eigenvalue weighted by Gasteiger charge is -2.12. The van der Waals surface area contributed by atoms with Crippen molar-refractivity contribution in [1.29, 1.82) is 0 Å². The maximum atomic E-state index is 11.2. The molecule has 0 radical (unpaired) electrons. The quantitative estimate of drug-likeness (QED) is 0.742. The molecule has 0 aromatic carbocycles. The molecule has 0 bridgehead atoms. The topological polar surface area (TPSA) is 57.3 Å². The Balaban J connectivity index is 2.02. The minimum atomic E-state index is -0.0508. The van der Waals surface area contributed by atoms with Gasteiger partial charge in [-0.1, -0.05) is 0 Å². The van der Waals surface area contributed by atoms with Gasteiger partial charge in [0.2, 0.25) is 0 Å². The summed E-state index contributed by atoms with van der Waals surface area (Å²) in [6, 6.07) is -0.0508. The minimum Gasteiger partial charge on any atom is -0.337 e. The molecule has 1 rings (SSSR count). The molecule has 6 heteroatoms. The summed E-state index contributed by atoms with van der Waals surface area (Å²) < 4.78 is 0. The normalized spacial score (nSPS) is 10.3. The number of thiazole rings is 1. The summed E-state index contributed by atoms with van der Waals surface area (Å²) in [5.74, 6) is 0. The minimum absolute atomic E-state index is 0.0508. The van der Waals surface area contributed by atoms with E-state index in [4.69, 9.17) is 0 Å². The highest BCUT2D eigenvalue weighted by molar-refractivity contribution is 7.09. The van der Waals surface area contributed by atoms with Crippen molar-refractivity contribution in [1.82, 2.24) is 20.5 Å². The maximum absolute atomic E-state index is 11.2. The molecular formula is C11H20N4OS. The van der Waals surface area contributed by atoms with Gasteiger partial charge in [0.05, 0.1) is 11.2 Å². The Labute approximate surface area is 106 Å². The van der Waals surface area contributed by atoms with Crippen molar-refractivity contribution in [3.8, 4) is 0 Å². The Hall–Kier alpha value is -1.14. The van der Waals surface area contributed by atoms with E-state index in [1.807, 2.05) is 12.4 Å². The van der Waals surface area contributed by atoms with Gasteiger partial charge in [-0.05, 0) is 13.3 Å². The van der Waals surface area contributed by atoms with Crippen LogP contribution in [0.1, 0.15) is 10.6 Å². The van der Waals surface area contributed by atoms with E-state index in [9.17, 15) is 4.79 Å². The Morgan fingerprint density at radius 3 is 2.76 bits per heavy atom. The molecule has 0 aliphatic carbocycles. The lowest BCUT2D eigenvalue weighted by molar-refractivity contribution is 0.217. The van der Waals surface area contributed by atoms with Gasteiger partial charge in [-0.15, -0.1) is 11.3 Å². The van der Waals surface area contributed by atoms with Gasteiger partial charge in [-0.25, -0.2) is 9.78 Å². The van der Waals surface area contributed by atoms with Gasteiger partial charge in [0.1, 0.15) is 0 Å². The SMILES string of the molecule is Cc1ncsc1CCNCCNC(=O)N(C)C. The third kappa shape index (κ3) is 5.14. The van der Waals surface area contributed by atoms with Crippen LogP contribution in [0.25, 0.3) is 0 Å². The number of carbonyl (C=O) groups is 1. The second-order valence-electron chi connectivity index (χ2n) is 3.99. The van der Waals surface area contributed by atoms with Crippen molar-refractivity contribution in [3.05, 3.63) is 16.1 Å². The number of urea groups is 1. The van der Waals surface area contributed by atoms with Crippen LogP contribution in [0.15, 0.2) is 5.51 Å². The highest BCUT2D eigenvalue weighted by atomic mass is 32.1. The van der Waals surface area contributed by atoms with Gasteiger partial charge >= 0.3 is 6.03 Å². The highest BCUT2D eigenvalue weighted by Gasteiger charge is 2.02. The monoisotopic (exact) mass is 256 g/mol. The van der Waals surface area contributed by atoms with Gasteiger partial charge in [0, 0.05) is 38.6 Å². The molecule has 2 N–H and O–H groups in total. The first-order valence-electron chi connectivity index (χ1n) is 5.66. The molecule has 17 heavy (non-hydrogen) atoms. The molecule has 1 aromatic heterocycles. The zero-order chi connectivity index (χ0) is 12.7. The Morgan fingerprint density at radius 1 is 1.41 bits per heavy atom. The van der Waals surface area contributed by atoms with Crippen molar-refractivity contribution in [2.24, 2.45) is 0 Å². The zero-order valence-corrected chi connectivity index (χ0v) is 11.4. The molecule has 1 aromatic rings. The van der Waals surface area contributed by atoms with Crippen molar-refractivity contribution in [2.45, 2.75) is 13.3 Å². The van der Waals surface area contributed by atoms with Crippen LogP contribution in [-0.4, -0.2) is 49.6 Å². The standard InChI is InChI=1S/C11H20N4OS/c1-9-10(17-8-14-9)4-5-12-6-7-13-11(16)15(2)3/h8,12H,4-7H2,1-3H3,(H,13,16). The van der Waals surface area contributed by atoms with Gasteiger partial charge < -0.3 is 15.5 Å². The number of nitrogens with zero attached hydrogens (tertiary/aromatic N) is 2. The van der Waals surface area contributed by atoms with Crippen LogP contribution in [0.4, 0.5) is 4.79 Å². The van der Waals surface area contributed by atoms with Gasteiger partial charge in [-0.3, -0.25) is 0 Å². The van der Waals surface area contributed by atoms with Gasteiger partial charge in [0.15, 0.2) is 0 Å². The Kier molecular flexibility index (Phi) is 5.93. The lowest BCUT2D eigenvalue weighted by atomic mass is 10.3. The fourth-order valence-electron chi connectivity index (χ4n) is 1.31. The van der Waals surface area contributed by atoms with Crippen LogP contribution >= 0.6 is 11.3 Å². The van der Waals surface area contributed by atoms with E-state index in [1.165, 1.54) is 9.78 Å². The molecule has 0 unspecified atom stereocenters. The molecular weight excluding hydrogens is 236 g/mol. The average Bonchev–Trinajstić information content (AvgIpc) is 2.68. The molecule has 0 saturated carbocycles. The summed E-state index contributed by atoms with van der Waals surface area (Å²) in [5, 5.41) is 6.09. The molecule has 5 nitrogen and oxygen atoms in total. The predicted molar refractivity (Wildman–Crippen MR) is 70.5 cm³/mol. The van der Waals surface area contributed by atoms with Crippen molar-refractivity contribution < 1.29 is 4.79 Å². The number of nitrogens with one attached hydrogen (secondary N) is 2. The number of hydrogen-bond donors (Lipinski definition) is 2. The summed E-state index contributed by atoms with van der Waals surface area (Å²) in [6.07, 6.45) is 0.998. The molecule has 0 fully saturated rings. The van der Waals surface area contributed by atoms with Crippen LogP contribution in [0.3, 0.4) is 0 Å². The Morgan fingerprint density at radius 2 is 2.18 bits per heavy atom. The first kappa shape index (κ1) is 13.9. The van der Waals surface area contributed by atoms with E-state index in [0.29, 0.717) is 6.54 Å². The van der Waals surface area contributed by atoms with Gasteiger partial charge in [-0.2, -0.15) is 0 Å². The molecule has 0 saturated heterocycles. The fraction of sp³-hybridized carbons (Fsp3) is 0.636. The lowest BCUT2D eigenvalue weighted by Crippen LogP contribution is -2.38. The van der Waals surface area contributed by atoms with E-state index in [-0.39, 0.29) is 6.03 Å². The van der Waals surface area contributed by atoms with Crippen LogP contribution in [0.5, 0.6) is 0 Å². The predicted octanol–water partition coefficient (Wildman–Crippen LogP) is 0.855. The van der Waals surface area contributed by atoms with Crippen LogP contribution in [-0.2, 0) is 6.42 Å². The van der Waals surface area contributed by atoms with Crippen molar-refractivity contribution >= 4 is 17.4 Å². The summed E-state index contributed by atoms with van der Waals surface area (Å²) in [5.41, 5.74) is 3.00. The molecule has 1 heterocycles. The molecule has 0 atom stereocenters. The highest BCUT2D eigenvalue weighted by Crippen LogP contribution is 2.11. The summed E-state index contributed by atoms with van der Waals surface area (Å²) in [7, 11) is 3.46. The fourth-order valence-corrected chi connectivity index (χ4v) is 2.09. The number of hydrogen-bond acceptors (Lipinski definition) is 4. The number of carbonyl (C=O) groups excluding carboxylic acids is 1. The van der Waals surface area contributed by atoms with E-state index in [1.54, 1.807) is 25.4 Å². The van der Waals surface area contributed by atoms with E-state index >= 15 is 0 Å². The Bertz CT molecular complexity index is 351. The zero-order valence-electron chi connectivity index (χ0n) is 10.6. The molecule has 0 spiro atoms. The molecule has 2 amide bonds. The van der Waals surface area contributed by atoms with E-state index < -0.39 is 0 Å². The third-order valence-electron chi connectivity index (χ3n) is 2.36. The first-order valence-corrected chi connectivity index (χ1v) is 6.54. The maximum Gasteiger partial charge on any atom is 0.316 e. The number of aromatic nitrogens is 1. The summed E-state index contributed by atoms with van der Waals surface area (Å²) in [6.45, 7) is 4.39. The third-order valence-corrected chi connectivity index (χ3v) is 3.35. The van der Waals surface area contributed by atoms with Gasteiger partial charge in [0.25, 0.3) is 0 Å². The largest absolute Gasteiger partial charge is 0.337 e. The van der Waals surface area contributed by atoms with Crippen LogP contribution in [0.2, 0.25) is 0 Å². The average molecular weight is 256 g/mol. The number of rotatable bonds is 6. The van der Waals surface area contributed by atoms with Crippen LogP contribution < -0.4 is 10.6 Å². The van der Waals surface area contributed by atoms with E-state index in [0.717, 1.165) is 25.2 Å². The second kappa shape index (κ2) is 7.24. The van der Waals surface area contributed by atoms with E-state index in [2.05, 4.69) is 15.6 Å². The van der Waals surface area contributed by atoms with Crippen molar-refractivity contribution in [3.63, 3.8) is 0 Å². The molecule has 0 aliphatic heterocycles. The second-order valence-corrected chi connectivity index (χ2v) is 4.93. The summed E-state index contributed by atoms with van der Waals surface area (Å²) >= 11 is 1.69. The van der Waals surface area contributed by atoms with Crippen molar-refractivity contribution in [2.75, 3.05) is 33.7 Å². The number of aryl methyl sites for hydroxylation is 1. The first-order chi connectivity index (χ1) is 8.11. The smallest absolute Gasteiger partial charge is 0.316 e.